The van der Waals surface area contributed by atoms with E-state index in [1.165, 1.54) is 15.6 Å². The Labute approximate surface area is 112 Å². The maximum Gasteiger partial charge on any atom is 0.125 e. The molecule has 0 atom stereocenters. The number of hydrogen-bond acceptors (Lipinski definition) is 2. The highest BCUT2D eigenvalue weighted by Crippen LogP contribution is 2.33. The van der Waals surface area contributed by atoms with E-state index < -0.39 is 0 Å². The van der Waals surface area contributed by atoms with Crippen LogP contribution in [-0.2, 0) is 12.8 Å². The number of benzene rings is 1. The van der Waals surface area contributed by atoms with Gasteiger partial charge in [-0.2, -0.15) is 0 Å². The number of nitrogens with one attached hydrogen (secondary N) is 1. The molecule has 1 aliphatic rings. The van der Waals surface area contributed by atoms with Crippen molar-refractivity contribution in [2.75, 3.05) is 19.7 Å². The molecule has 0 aromatic heterocycles. The fourth-order valence-corrected chi connectivity index (χ4v) is 2.70. The molecule has 1 aliphatic heterocycles. The third-order valence-corrected chi connectivity index (χ3v) is 3.41. The Morgan fingerprint density at radius 2 is 2.24 bits per heavy atom. The summed E-state index contributed by atoms with van der Waals surface area (Å²) in [5.41, 5.74) is 2.67. The van der Waals surface area contributed by atoms with Crippen molar-refractivity contribution in [2.24, 2.45) is 5.92 Å². The minimum Gasteiger partial charge on any atom is -0.493 e. The van der Waals surface area contributed by atoms with Crippen molar-refractivity contribution in [3.05, 3.63) is 27.7 Å². The molecule has 0 unspecified atom stereocenters. The minimum atomic E-state index is 0.708. The van der Waals surface area contributed by atoms with Crippen molar-refractivity contribution in [2.45, 2.75) is 26.7 Å². The maximum absolute atomic E-state index is 5.71. The Bertz CT molecular complexity index is 390. The lowest BCUT2D eigenvalue weighted by Gasteiger charge is -2.11. The molecular weight excluding hydrogens is 278 g/mol. The van der Waals surface area contributed by atoms with Gasteiger partial charge in [-0.3, -0.25) is 0 Å². The average molecular weight is 298 g/mol. The molecule has 1 aromatic rings. The SMILES string of the molecule is CC(C)CNCCc1cc(Br)cc2c1OCC2. The zero-order valence-electron chi connectivity index (χ0n) is 10.6. The highest BCUT2D eigenvalue weighted by Gasteiger charge is 2.16. The van der Waals surface area contributed by atoms with E-state index in [1.807, 2.05) is 0 Å². The Kier molecular flexibility index (Phi) is 4.46. The summed E-state index contributed by atoms with van der Waals surface area (Å²) in [5, 5.41) is 3.47. The number of hydrogen-bond donors (Lipinski definition) is 1. The van der Waals surface area contributed by atoms with Crippen molar-refractivity contribution in [3.63, 3.8) is 0 Å². The van der Waals surface area contributed by atoms with Crippen LogP contribution in [0, 0.1) is 5.92 Å². The first-order chi connectivity index (χ1) is 8.16. The molecule has 0 bridgehead atoms. The Morgan fingerprint density at radius 3 is 3.00 bits per heavy atom. The number of rotatable bonds is 5. The Balaban J connectivity index is 1.96. The summed E-state index contributed by atoms with van der Waals surface area (Å²) in [6.45, 7) is 7.39. The van der Waals surface area contributed by atoms with Crippen molar-refractivity contribution in [3.8, 4) is 5.75 Å². The second-order valence-corrected chi connectivity index (χ2v) is 5.92. The minimum absolute atomic E-state index is 0.708. The highest BCUT2D eigenvalue weighted by atomic mass is 79.9. The van der Waals surface area contributed by atoms with E-state index in [4.69, 9.17) is 4.74 Å². The molecule has 0 radical (unpaired) electrons. The van der Waals surface area contributed by atoms with Gasteiger partial charge in [0.1, 0.15) is 5.75 Å². The summed E-state index contributed by atoms with van der Waals surface area (Å²) in [5.74, 6) is 1.83. The molecule has 0 saturated heterocycles. The predicted molar refractivity (Wildman–Crippen MR) is 74.8 cm³/mol. The highest BCUT2D eigenvalue weighted by molar-refractivity contribution is 9.10. The van der Waals surface area contributed by atoms with Crippen LogP contribution < -0.4 is 10.1 Å². The summed E-state index contributed by atoms with van der Waals surface area (Å²) >= 11 is 3.57. The van der Waals surface area contributed by atoms with E-state index in [1.54, 1.807) is 0 Å². The second kappa shape index (κ2) is 5.87. The molecule has 1 heterocycles. The largest absolute Gasteiger partial charge is 0.493 e. The molecule has 17 heavy (non-hydrogen) atoms. The van der Waals surface area contributed by atoms with Crippen LogP contribution in [0.2, 0.25) is 0 Å². The van der Waals surface area contributed by atoms with Gasteiger partial charge >= 0.3 is 0 Å². The summed E-state index contributed by atoms with van der Waals surface area (Å²) in [7, 11) is 0. The monoisotopic (exact) mass is 297 g/mol. The van der Waals surface area contributed by atoms with Gasteiger partial charge in [-0.05, 0) is 48.7 Å². The fraction of sp³-hybridized carbons (Fsp3) is 0.571. The molecule has 2 nitrogen and oxygen atoms in total. The molecule has 2 rings (SSSR count). The lowest BCUT2D eigenvalue weighted by molar-refractivity contribution is 0.353. The third kappa shape index (κ3) is 3.46. The number of halogens is 1. The van der Waals surface area contributed by atoms with Crippen LogP contribution >= 0.6 is 15.9 Å². The summed E-state index contributed by atoms with van der Waals surface area (Å²) in [6.07, 6.45) is 2.08. The van der Waals surface area contributed by atoms with Crippen molar-refractivity contribution < 1.29 is 4.74 Å². The lowest BCUT2D eigenvalue weighted by Crippen LogP contribution is -2.22. The van der Waals surface area contributed by atoms with Crippen LogP contribution in [0.1, 0.15) is 25.0 Å². The molecule has 94 valence electrons. The smallest absolute Gasteiger partial charge is 0.125 e. The molecule has 3 heteroatoms. The third-order valence-electron chi connectivity index (χ3n) is 2.95. The van der Waals surface area contributed by atoms with Crippen molar-refractivity contribution in [1.29, 1.82) is 0 Å². The van der Waals surface area contributed by atoms with Gasteiger partial charge < -0.3 is 10.1 Å². The molecule has 0 amide bonds. The summed E-state index contributed by atoms with van der Waals surface area (Å²) in [6, 6.07) is 4.36. The molecule has 0 fully saturated rings. The zero-order chi connectivity index (χ0) is 12.3. The normalized spacial score (nSPS) is 13.9. The van der Waals surface area contributed by atoms with Gasteiger partial charge in [-0.15, -0.1) is 0 Å². The van der Waals surface area contributed by atoms with E-state index >= 15 is 0 Å². The molecule has 0 saturated carbocycles. The van der Waals surface area contributed by atoms with Crippen LogP contribution in [0.4, 0.5) is 0 Å². The van der Waals surface area contributed by atoms with Crippen LogP contribution in [-0.4, -0.2) is 19.7 Å². The van der Waals surface area contributed by atoms with Gasteiger partial charge in [-0.1, -0.05) is 29.8 Å². The molecule has 0 spiro atoms. The van der Waals surface area contributed by atoms with Crippen molar-refractivity contribution >= 4 is 15.9 Å². The van der Waals surface area contributed by atoms with Crippen LogP contribution in [0.15, 0.2) is 16.6 Å². The van der Waals surface area contributed by atoms with Crippen LogP contribution in [0.3, 0.4) is 0 Å². The van der Waals surface area contributed by atoms with Gasteiger partial charge in [0.2, 0.25) is 0 Å². The standard InChI is InChI=1S/C14H20BrNO/c1-10(2)9-16-5-3-11-7-13(15)8-12-4-6-17-14(11)12/h7-8,10,16H,3-6,9H2,1-2H3. The second-order valence-electron chi connectivity index (χ2n) is 5.00. The van der Waals surface area contributed by atoms with E-state index in [9.17, 15) is 0 Å². The van der Waals surface area contributed by atoms with Crippen molar-refractivity contribution in [1.82, 2.24) is 5.32 Å². The van der Waals surface area contributed by atoms with E-state index in [0.717, 1.165) is 38.3 Å². The summed E-state index contributed by atoms with van der Waals surface area (Å²) < 4.78 is 6.88. The predicted octanol–water partition coefficient (Wildman–Crippen LogP) is 3.17. The Hall–Kier alpha value is -0.540. The lowest BCUT2D eigenvalue weighted by atomic mass is 10.1. The van der Waals surface area contributed by atoms with Gasteiger partial charge in [0.05, 0.1) is 6.61 Å². The van der Waals surface area contributed by atoms with Gasteiger partial charge in [0.15, 0.2) is 0 Å². The molecule has 1 aromatic carbocycles. The zero-order valence-corrected chi connectivity index (χ0v) is 12.1. The fourth-order valence-electron chi connectivity index (χ4n) is 2.15. The first-order valence-electron chi connectivity index (χ1n) is 6.31. The molecular formula is C14H20BrNO. The number of ether oxygens (including phenoxy) is 1. The first kappa shape index (κ1) is 12.9. The quantitative estimate of drug-likeness (QED) is 0.843. The summed E-state index contributed by atoms with van der Waals surface area (Å²) in [4.78, 5) is 0. The van der Waals surface area contributed by atoms with E-state index in [-0.39, 0.29) is 0 Å². The van der Waals surface area contributed by atoms with Gasteiger partial charge in [0.25, 0.3) is 0 Å². The van der Waals surface area contributed by atoms with Gasteiger partial charge in [-0.25, -0.2) is 0 Å². The van der Waals surface area contributed by atoms with Gasteiger partial charge in [0, 0.05) is 10.9 Å². The Morgan fingerprint density at radius 1 is 1.41 bits per heavy atom. The first-order valence-corrected chi connectivity index (χ1v) is 7.11. The average Bonchev–Trinajstić information content (AvgIpc) is 2.71. The van der Waals surface area contributed by atoms with E-state index in [2.05, 4.69) is 47.2 Å². The topological polar surface area (TPSA) is 21.3 Å². The molecule has 1 N–H and O–H groups in total. The van der Waals surface area contributed by atoms with E-state index in [0.29, 0.717) is 5.92 Å². The van der Waals surface area contributed by atoms with Crippen LogP contribution in [0.5, 0.6) is 5.75 Å². The molecule has 0 aliphatic carbocycles. The van der Waals surface area contributed by atoms with Crippen LogP contribution in [0.25, 0.3) is 0 Å². The maximum atomic E-state index is 5.71. The number of fused-ring (bicyclic) bond motifs is 1.